The normalized spacial score (nSPS) is 18.0. The molecule has 1 unspecified atom stereocenters. The highest BCUT2D eigenvalue weighted by atomic mass is 35.5. The first kappa shape index (κ1) is 17.1. The highest BCUT2D eigenvalue weighted by Gasteiger charge is 2.18. The maximum atomic E-state index is 12.1. The molecular formula is C17H25ClN2O2. The number of para-hydroxylation sites is 1. The lowest BCUT2D eigenvalue weighted by atomic mass is 9.94. The van der Waals surface area contributed by atoms with E-state index < -0.39 is 6.10 Å². The average Bonchev–Trinajstić information content (AvgIpc) is 2.51. The van der Waals surface area contributed by atoms with Crippen LogP contribution in [0.5, 0.6) is 5.75 Å². The molecule has 1 N–H and O–H groups in total. The van der Waals surface area contributed by atoms with Gasteiger partial charge in [0, 0.05) is 6.54 Å². The third kappa shape index (κ3) is 5.18. The van der Waals surface area contributed by atoms with E-state index in [0.717, 1.165) is 25.4 Å². The van der Waals surface area contributed by atoms with Crippen molar-refractivity contribution in [3.63, 3.8) is 0 Å². The van der Waals surface area contributed by atoms with Crippen molar-refractivity contribution in [1.82, 2.24) is 10.2 Å². The number of benzene rings is 1. The van der Waals surface area contributed by atoms with Gasteiger partial charge >= 0.3 is 0 Å². The largest absolute Gasteiger partial charge is 0.479 e. The fourth-order valence-corrected chi connectivity index (χ4v) is 2.86. The van der Waals surface area contributed by atoms with Gasteiger partial charge in [0.25, 0.3) is 5.91 Å². The van der Waals surface area contributed by atoms with E-state index in [0.29, 0.717) is 17.3 Å². The summed E-state index contributed by atoms with van der Waals surface area (Å²) in [7, 11) is 2.16. The molecule has 1 aromatic rings. The van der Waals surface area contributed by atoms with Gasteiger partial charge in [0.15, 0.2) is 6.10 Å². The Hall–Kier alpha value is -1.26. The Bertz CT molecular complexity index is 487. The topological polar surface area (TPSA) is 41.6 Å². The van der Waals surface area contributed by atoms with Crippen LogP contribution in [-0.2, 0) is 4.79 Å². The summed E-state index contributed by atoms with van der Waals surface area (Å²) >= 11 is 6.03. The molecule has 1 aliphatic rings. The molecule has 0 saturated carbocycles. The minimum atomic E-state index is -0.544. The van der Waals surface area contributed by atoms with Crippen molar-refractivity contribution in [2.24, 2.45) is 5.92 Å². The van der Waals surface area contributed by atoms with Gasteiger partial charge in [-0.15, -0.1) is 0 Å². The number of carbonyl (C=O) groups excluding carboxylic acids is 1. The van der Waals surface area contributed by atoms with Crippen LogP contribution in [0, 0.1) is 5.92 Å². The number of amides is 1. The standard InChI is InChI=1S/C17H25ClN2O2/c1-13(22-16-6-4-3-5-15(16)18)17(21)19-10-7-14-8-11-20(2)12-9-14/h3-6,13-14H,7-12H2,1-2H3,(H,19,21). The lowest BCUT2D eigenvalue weighted by Crippen LogP contribution is -2.38. The first-order valence-corrected chi connectivity index (χ1v) is 8.31. The highest BCUT2D eigenvalue weighted by Crippen LogP contribution is 2.24. The summed E-state index contributed by atoms with van der Waals surface area (Å²) in [6.07, 6.45) is 2.94. The van der Waals surface area contributed by atoms with Crippen molar-refractivity contribution in [1.29, 1.82) is 0 Å². The zero-order chi connectivity index (χ0) is 15.9. The van der Waals surface area contributed by atoms with E-state index in [4.69, 9.17) is 16.3 Å². The number of rotatable bonds is 6. The molecule has 1 atom stereocenters. The summed E-state index contributed by atoms with van der Waals surface area (Å²) in [5, 5.41) is 3.48. The molecule has 0 aliphatic carbocycles. The van der Waals surface area contributed by atoms with Crippen LogP contribution in [0.4, 0.5) is 0 Å². The first-order valence-electron chi connectivity index (χ1n) is 7.93. The molecule has 4 nitrogen and oxygen atoms in total. The number of halogens is 1. The van der Waals surface area contributed by atoms with Crippen LogP contribution in [-0.4, -0.2) is 43.6 Å². The van der Waals surface area contributed by atoms with Gasteiger partial charge < -0.3 is 15.0 Å². The Balaban J connectivity index is 1.69. The second kappa shape index (κ2) is 8.39. The number of hydrogen-bond acceptors (Lipinski definition) is 3. The minimum absolute atomic E-state index is 0.0900. The maximum Gasteiger partial charge on any atom is 0.260 e. The molecule has 22 heavy (non-hydrogen) atoms. The lowest BCUT2D eigenvalue weighted by molar-refractivity contribution is -0.127. The van der Waals surface area contributed by atoms with Crippen molar-refractivity contribution < 1.29 is 9.53 Å². The molecule has 1 aromatic carbocycles. The van der Waals surface area contributed by atoms with Crippen LogP contribution >= 0.6 is 11.6 Å². The van der Waals surface area contributed by atoms with Gasteiger partial charge in [-0.2, -0.15) is 0 Å². The molecule has 1 aliphatic heterocycles. The summed E-state index contributed by atoms with van der Waals surface area (Å²) in [4.78, 5) is 14.4. The van der Waals surface area contributed by atoms with Crippen molar-refractivity contribution in [3.8, 4) is 5.75 Å². The lowest BCUT2D eigenvalue weighted by Gasteiger charge is -2.29. The summed E-state index contributed by atoms with van der Waals surface area (Å²) in [6, 6.07) is 7.19. The van der Waals surface area contributed by atoms with Gasteiger partial charge in [-0.05, 0) is 64.4 Å². The minimum Gasteiger partial charge on any atom is -0.479 e. The maximum absolute atomic E-state index is 12.1. The number of carbonyl (C=O) groups is 1. The monoisotopic (exact) mass is 324 g/mol. The molecule has 1 amide bonds. The van der Waals surface area contributed by atoms with Gasteiger partial charge in [0.2, 0.25) is 0 Å². The van der Waals surface area contributed by atoms with Crippen LogP contribution in [0.3, 0.4) is 0 Å². The fourth-order valence-electron chi connectivity index (χ4n) is 2.68. The van der Waals surface area contributed by atoms with E-state index in [1.54, 1.807) is 19.1 Å². The van der Waals surface area contributed by atoms with Crippen LogP contribution < -0.4 is 10.1 Å². The summed E-state index contributed by atoms with van der Waals surface area (Å²) in [6.45, 7) is 4.77. The molecular weight excluding hydrogens is 300 g/mol. The molecule has 1 fully saturated rings. The number of nitrogens with one attached hydrogen (secondary N) is 1. The highest BCUT2D eigenvalue weighted by molar-refractivity contribution is 6.32. The van der Waals surface area contributed by atoms with E-state index in [9.17, 15) is 4.79 Å². The number of piperidine rings is 1. The van der Waals surface area contributed by atoms with Gasteiger partial charge in [-0.3, -0.25) is 4.79 Å². The molecule has 1 saturated heterocycles. The van der Waals surface area contributed by atoms with E-state index in [1.165, 1.54) is 12.8 Å². The third-order valence-electron chi connectivity index (χ3n) is 4.20. The molecule has 0 radical (unpaired) electrons. The quantitative estimate of drug-likeness (QED) is 0.874. The Morgan fingerprint density at radius 1 is 1.41 bits per heavy atom. The van der Waals surface area contributed by atoms with Gasteiger partial charge in [-0.1, -0.05) is 23.7 Å². The molecule has 122 valence electrons. The number of hydrogen-bond donors (Lipinski definition) is 1. The second-order valence-corrected chi connectivity index (χ2v) is 6.42. The van der Waals surface area contributed by atoms with Gasteiger partial charge in [0.1, 0.15) is 5.75 Å². The van der Waals surface area contributed by atoms with Crippen LogP contribution in [0.15, 0.2) is 24.3 Å². The van der Waals surface area contributed by atoms with Crippen molar-refractivity contribution in [2.45, 2.75) is 32.3 Å². The predicted molar refractivity (Wildman–Crippen MR) is 89.4 cm³/mol. The molecule has 0 spiro atoms. The summed E-state index contributed by atoms with van der Waals surface area (Å²) < 4.78 is 5.61. The second-order valence-electron chi connectivity index (χ2n) is 6.02. The Labute approximate surface area is 137 Å². The van der Waals surface area contributed by atoms with Crippen molar-refractivity contribution in [2.75, 3.05) is 26.7 Å². The zero-order valence-corrected chi connectivity index (χ0v) is 14.1. The molecule has 1 heterocycles. The van der Waals surface area contributed by atoms with Crippen LogP contribution in [0.25, 0.3) is 0 Å². The Kier molecular flexibility index (Phi) is 6.52. The Morgan fingerprint density at radius 2 is 2.09 bits per heavy atom. The zero-order valence-electron chi connectivity index (χ0n) is 13.3. The SMILES string of the molecule is CC(Oc1ccccc1Cl)C(=O)NCCC1CCN(C)CC1. The number of ether oxygens (including phenoxy) is 1. The Morgan fingerprint density at radius 3 is 2.77 bits per heavy atom. The number of likely N-dealkylation sites (tertiary alicyclic amines) is 1. The fraction of sp³-hybridized carbons (Fsp3) is 0.588. The summed E-state index contributed by atoms with van der Waals surface area (Å²) in [5.41, 5.74) is 0. The molecule has 0 aromatic heterocycles. The molecule has 2 rings (SSSR count). The van der Waals surface area contributed by atoms with Crippen molar-refractivity contribution in [3.05, 3.63) is 29.3 Å². The molecule has 0 bridgehead atoms. The van der Waals surface area contributed by atoms with E-state index in [1.807, 2.05) is 12.1 Å². The van der Waals surface area contributed by atoms with E-state index in [-0.39, 0.29) is 5.91 Å². The molecule has 5 heteroatoms. The van der Waals surface area contributed by atoms with Crippen LogP contribution in [0.1, 0.15) is 26.2 Å². The van der Waals surface area contributed by atoms with Gasteiger partial charge in [0.05, 0.1) is 5.02 Å². The van der Waals surface area contributed by atoms with Crippen LogP contribution in [0.2, 0.25) is 5.02 Å². The smallest absolute Gasteiger partial charge is 0.260 e. The van der Waals surface area contributed by atoms with Crippen molar-refractivity contribution >= 4 is 17.5 Å². The van der Waals surface area contributed by atoms with Gasteiger partial charge in [-0.25, -0.2) is 0 Å². The number of nitrogens with zero attached hydrogens (tertiary/aromatic N) is 1. The average molecular weight is 325 g/mol. The first-order chi connectivity index (χ1) is 10.6. The summed E-state index contributed by atoms with van der Waals surface area (Å²) in [5.74, 6) is 1.17. The van der Waals surface area contributed by atoms with E-state index in [2.05, 4.69) is 17.3 Å². The third-order valence-corrected chi connectivity index (χ3v) is 4.51. The predicted octanol–water partition coefficient (Wildman–Crippen LogP) is 2.96. The van der Waals surface area contributed by atoms with E-state index >= 15 is 0 Å².